The van der Waals surface area contributed by atoms with Crippen LogP contribution in [-0.2, 0) is 4.57 Å². The first kappa shape index (κ1) is 14.1. The molecule has 0 unspecified atom stereocenters. The number of hydrogen-bond acceptors (Lipinski definition) is 1. The van der Waals surface area contributed by atoms with E-state index in [0.717, 1.165) is 23.5 Å². The van der Waals surface area contributed by atoms with Gasteiger partial charge in [0.25, 0.3) is 0 Å². The topological polar surface area (TPSA) is 17.1 Å². The first-order chi connectivity index (χ1) is 10.3. The van der Waals surface area contributed by atoms with E-state index in [1.54, 1.807) is 0 Å². The van der Waals surface area contributed by atoms with Crippen LogP contribution in [0, 0.1) is 0 Å². The molecule has 2 heteroatoms. The number of hydrogen-bond donors (Lipinski definition) is 0. The van der Waals surface area contributed by atoms with Crippen LogP contribution in [0.5, 0.6) is 0 Å². The van der Waals surface area contributed by atoms with Crippen molar-refractivity contribution in [2.24, 2.45) is 0 Å². The number of allylic oxidation sites excluding steroid dienone is 3. The molecule has 0 radical (unpaired) electrons. The first-order valence-corrected chi connectivity index (χ1v) is 9.16. The molecular formula is C19H19OP. The molecule has 0 N–H and O–H groups in total. The third-order valence-electron chi connectivity index (χ3n) is 3.85. The van der Waals surface area contributed by atoms with E-state index in [9.17, 15) is 4.57 Å². The van der Waals surface area contributed by atoms with Gasteiger partial charge in [0.05, 0.1) is 0 Å². The molecule has 2 aromatic carbocycles. The highest BCUT2D eigenvalue weighted by molar-refractivity contribution is 7.81. The molecule has 106 valence electrons. The number of rotatable bonds is 4. The minimum Gasteiger partial charge on any atom is -0.309 e. The molecule has 3 rings (SSSR count). The molecule has 0 spiro atoms. The van der Waals surface area contributed by atoms with Gasteiger partial charge in [0, 0.05) is 10.6 Å². The van der Waals surface area contributed by atoms with Gasteiger partial charge in [-0.15, -0.1) is 0 Å². The third kappa shape index (κ3) is 3.09. The SMILES string of the molecule is O=P(/C=C/C1=CCCC1)(c1ccccc1)c1ccccc1. The van der Waals surface area contributed by atoms with Crippen LogP contribution < -0.4 is 10.6 Å². The predicted octanol–water partition coefficient (Wildman–Crippen LogP) is 4.62. The predicted molar refractivity (Wildman–Crippen MR) is 90.8 cm³/mol. The largest absolute Gasteiger partial charge is 0.309 e. The number of benzene rings is 2. The van der Waals surface area contributed by atoms with E-state index in [0.29, 0.717) is 0 Å². The molecule has 0 amide bonds. The summed E-state index contributed by atoms with van der Waals surface area (Å²) in [6.07, 6.45) is 7.76. The third-order valence-corrected chi connectivity index (χ3v) is 6.55. The van der Waals surface area contributed by atoms with Gasteiger partial charge in [-0.05, 0) is 25.1 Å². The normalized spacial score (nSPS) is 15.3. The van der Waals surface area contributed by atoms with E-state index in [2.05, 4.69) is 12.2 Å². The van der Waals surface area contributed by atoms with Crippen molar-refractivity contribution in [3.05, 3.63) is 84.2 Å². The van der Waals surface area contributed by atoms with E-state index in [4.69, 9.17) is 0 Å². The van der Waals surface area contributed by atoms with Gasteiger partial charge in [-0.2, -0.15) is 0 Å². The Labute approximate surface area is 126 Å². The van der Waals surface area contributed by atoms with Crippen molar-refractivity contribution in [2.45, 2.75) is 19.3 Å². The van der Waals surface area contributed by atoms with Crippen molar-refractivity contribution in [3.8, 4) is 0 Å². The lowest BCUT2D eigenvalue weighted by Gasteiger charge is -2.15. The summed E-state index contributed by atoms with van der Waals surface area (Å²) in [6, 6.07) is 19.6. The van der Waals surface area contributed by atoms with Gasteiger partial charge in [0.1, 0.15) is 0 Å². The Morgan fingerprint density at radius 3 is 1.90 bits per heavy atom. The summed E-state index contributed by atoms with van der Waals surface area (Å²) in [5.74, 6) is 1.93. The zero-order chi connectivity index (χ0) is 14.5. The van der Waals surface area contributed by atoms with Gasteiger partial charge in [0.2, 0.25) is 0 Å². The minimum absolute atomic E-state index is 0.894. The van der Waals surface area contributed by atoms with Gasteiger partial charge in [0.15, 0.2) is 7.14 Å². The smallest absolute Gasteiger partial charge is 0.164 e. The zero-order valence-corrected chi connectivity index (χ0v) is 12.9. The molecular weight excluding hydrogens is 275 g/mol. The van der Waals surface area contributed by atoms with Crippen LogP contribution in [0.2, 0.25) is 0 Å². The molecule has 0 aromatic heterocycles. The fourth-order valence-electron chi connectivity index (χ4n) is 2.67. The minimum atomic E-state index is -2.70. The molecule has 2 aromatic rings. The Bertz CT molecular complexity index is 655. The average Bonchev–Trinajstić information content (AvgIpc) is 3.08. The average molecular weight is 294 g/mol. The second-order valence-electron chi connectivity index (χ2n) is 5.32. The molecule has 0 saturated carbocycles. The first-order valence-electron chi connectivity index (χ1n) is 7.38. The van der Waals surface area contributed by atoms with Gasteiger partial charge < -0.3 is 4.57 Å². The molecule has 0 fully saturated rings. The summed E-state index contributed by atoms with van der Waals surface area (Å²) in [5, 5.41) is 1.79. The molecule has 0 saturated heterocycles. The van der Waals surface area contributed by atoms with E-state index >= 15 is 0 Å². The lowest BCUT2D eigenvalue weighted by atomic mass is 10.2. The Balaban J connectivity index is 2.05. The lowest BCUT2D eigenvalue weighted by molar-refractivity contribution is 0.592. The van der Waals surface area contributed by atoms with E-state index < -0.39 is 7.14 Å². The second kappa shape index (κ2) is 6.28. The van der Waals surface area contributed by atoms with Crippen LogP contribution in [0.4, 0.5) is 0 Å². The van der Waals surface area contributed by atoms with Crippen molar-refractivity contribution in [3.63, 3.8) is 0 Å². The monoisotopic (exact) mass is 294 g/mol. The maximum atomic E-state index is 13.7. The zero-order valence-electron chi connectivity index (χ0n) is 12.0. The summed E-state index contributed by atoms with van der Waals surface area (Å²) in [5.41, 5.74) is 1.31. The molecule has 0 heterocycles. The van der Waals surface area contributed by atoms with Crippen molar-refractivity contribution in [2.75, 3.05) is 0 Å². The fraction of sp³-hybridized carbons (Fsp3) is 0.158. The molecule has 1 aliphatic carbocycles. The molecule has 1 nitrogen and oxygen atoms in total. The molecule has 0 atom stereocenters. The summed E-state index contributed by atoms with van der Waals surface area (Å²) in [4.78, 5) is 0. The van der Waals surface area contributed by atoms with Crippen molar-refractivity contribution >= 4 is 17.8 Å². The Hall–Kier alpha value is -1.85. The van der Waals surface area contributed by atoms with Gasteiger partial charge in [-0.3, -0.25) is 0 Å². The standard InChI is InChI=1S/C19H19OP/c20-21(18-11-3-1-4-12-18,19-13-5-2-6-14-19)16-15-17-9-7-8-10-17/h1-6,9,11-16H,7-8,10H2/b16-15+. The van der Waals surface area contributed by atoms with Gasteiger partial charge >= 0.3 is 0 Å². The maximum absolute atomic E-state index is 13.7. The second-order valence-corrected chi connectivity index (χ2v) is 7.96. The van der Waals surface area contributed by atoms with Crippen LogP contribution in [-0.4, -0.2) is 0 Å². The highest BCUT2D eigenvalue weighted by atomic mass is 31.2. The van der Waals surface area contributed by atoms with E-state index in [-0.39, 0.29) is 0 Å². The summed E-state index contributed by atoms with van der Waals surface area (Å²) < 4.78 is 13.7. The van der Waals surface area contributed by atoms with Crippen LogP contribution in [0.3, 0.4) is 0 Å². The molecule has 21 heavy (non-hydrogen) atoms. The van der Waals surface area contributed by atoms with Crippen LogP contribution in [0.15, 0.2) is 84.2 Å². The van der Waals surface area contributed by atoms with Crippen LogP contribution >= 0.6 is 7.14 Å². The van der Waals surface area contributed by atoms with Crippen molar-refractivity contribution < 1.29 is 4.57 Å². The van der Waals surface area contributed by atoms with E-state index in [1.165, 1.54) is 12.0 Å². The Kier molecular flexibility index (Phi) is 4.22. The summed E-state index contributed by atoms with van der Waals surface area (Å²) in [7, 11) is -2.70. The van der Waals surface area contributed by atoms with Crippen LogP contribution in [0.1, 0.15) is 19.3 Å². The van der Waals surface area contributed by atoms with Gasteiger partial charge in [-0.1, -0.05) is 78.4 Å². The highest BCUT2D eigenvalue weighted by Gasteiger charge is 2.23. The highest BCUT2D eigenvalue weighted by Crippen LogP contribution is 2.45. The van der Waals surface area contributed by atoms with Gasteiger partial charge in [-0.25, -0.2) is 0 Å². The van der Waals surface area contributed by atoms with Crippen LogP contribution in [0.25, 0.3) is 0 Å². The fourth-order valence-corrected chi connectivity index (χ4v) is 4.94. The Morgan fingerprint density at radius 1 is 0.857 bits per heavy atom. The maximum Gasteiger partial charge on any atom is 0.164 e. The summed E-state index contributed by atoms with van der Waals surface area (Å²) >= 11 is 0. The molecule has 1 aliphatic rings. The quantitative estimate of drug-likeness (QED) is 0.752. The molecule has 0 aliphatic heterocycles. The lowest BCUT2D eigenvalue weighted by Crippen LogP contribution is -2.13. The Morgan fingerprint density at radius 2 is 1.43 bits per heavy atom. The molecule has 0 bridgehead atoms. The van der Waals surface area contributed by atoms with Crippen molar-refractivity contribution in [1.82, 2.24) is 0 Å². The summed E-state index contributed by atoms with van der Waals surface area (Å²) in [6.45, 7) is 0. The van der Waals surface area contributed by atoms with Crippen molar-refractivity contribution in [1.29, 1.82) is 0 Å². The van der Waals surface area contributed by atoms with E-state index in [1.807, 2.05) is 66.5 Å².